The summed E-state index contributed by atoms with van der Waals surface area (Å²) < 4.78 is 22.3. The van der Waals surface area contributed by atoms with E-state index in [-0.39, 0.29) is 31.2 Å². The smallest absolute Gasteiger partial charge is 0.269 e. The zero-order valence-corrected chi connectivity index (χ0v) is 26.1. The minimum atomic E-state index is -3.42. The Balaban J connectivity index is 1.29. The van der Waals surface area contributed by atoms with E-state index in [0.717, 1.165) is 22.0 Å². The highest BCUT2D eigenvalue weighted by Gasteiger charge is 2.66. The number of halogens is 1. The van der Waals surface area contributed by atoms with E-state index in [9.17, 15) is 24.8 Å². The van der Waals surface area contributed by atoms with Crippen LogP contribution in [0.15, 0.2) is 78.9 Å². The molecule has 4 atom stereocenters. The van der Waals surface area contributed by atoms with E-state index in [1.807, 2.05) is 60.7 Å². The first-order valence-corrected chi connectivity index (χ1v) is 18.0. The molecule has 1 N–H and O–H groups in total. The molecule has 4 aromatic carbocycles. The van der Waals surface area contributed by atoms with E-state index in [0.29, 0.717) is 22.5 Å². The molecule has 1 saturated heterocycles. The van der Waals surface area contributed by atoms with Crippen LogP contribution in [-0.2, 0) is 21.7 Å². The second-order valence-electron chi connectivity index (χ2n) is 12.6. The van der Waals surface area contributed by atoms with E-state index in [4.69, 9.17) is 4.74 Å². The maximum atomic E-state index is 15.8. The van der Waals surface area contributed by atoms with Crippen molar-refractivity contribution in [1.29, 1.82) is 0 Å². The highest BCUT2D eigenvalue weighted by Crippen LogP contribution is 2.60. The number of ether oxygens (including phenoxy) is 1. The average Bonchev–Trinajstić information content (AvgIpc) is 3.56. The zero-order valence-electron chi connectivity index (χ0n) is 25.1. The van der Waals surface area contributed by atoms with Gasteiger partial charge in [0.15, 0.2) is 5.60 Å². The molecule has 2 amide bonds. The van der Waals surface area contributed by atoms with Gasteiger partial charge < -0.3 is 18.9 Å². The van der Waals surface area contributed by atoms with Gasteiger partial charge in [-0.1, -0.05) is 43.3 Å². The Morgan fingerprint density at radius 3 is 2.47 bits per heavy atom. The molecule has 0 unspecified atom stereocenters. The van der Waals surface area contributed by atoms with Gasteiger partial charge in [0, 0.05) is 46.8 Å². The van der Waals surface area contributed by atoms with Gasteiger partial charge in [-0.3, -0.25) is 24.6 Å². The number of rotatable bonds is 7. The molecule has 11 heteroatoms. The van der Waals surface area contributed by atoms with Crippen LogP contribution in [0.2, 0.25) is 18.6 Å². The number of nitro groups is 1. The number of anilines is 3. The first-order valence-electron chi connectivity index (χ1n) is 15.0. The third-order valence-electron chi connectivity index (χ3n) is 9.64. The predicted octanol–water partition coefficient (Wildman–Crippen LogP) is 6.74. The van der Waals surface area contributed by atoms with Gasteiger partial charge in [-0.2, -0.15) is 0 Å². The summed E-state index contributed by atoms with van der Waals surface area (Å²) in [6.45, 7) is 4.76. The SMILES string of the molecule is C[C@H]1[C@H]([Si](C)(C)F)[C@@H](CCO)O[C@]12C(=O)N(Cc1cccc(N3C(=O)c4cccc5cccc3c45)c1)c1ccc([N+](=O)[O-])cc12. The molecule has 3 aliphatic rings. The number of carbonyl (C=O) groups is 2. The van der Waals surface area contributed by atoms with Crippen LogP contribution < -0.4 is 9.80 Å². The van der Waals surface area contributed by atoms with Gasteiger partial charge in [-0.25, -0.2) is 0 Å². The molecule has 0 aromatic heterocycles. The lowest BCUT2D eigenvalue weighted by atomic mass is 9.82. The van der Waals surface area contributed by atoms with Crippen LogP contribution in [0.3, 0.4) is 0 Å². The van der Waals surface area contributed by atoms with Crippen LogP contribution in [-0.4, -0.2) is 43.0 Å². The summed E-state index contributed by atoms with van der Waals surface area (Å²) in [6, 6.07) is 23.1. The molecule has 4 aromatic rings. The summed E-state index contributed by atoms with van der Waals surface area (Å²) in [5.41, 5.74) is 1.13. The predicted molar refractivity (Wildman–Crippen MR) is 171 cm³/mol. The second kappa shape index (κ2) is 10.3. The Bertz CT molecular complexity index is 1910. The molecule has 230 valence electrons. The fraction of sp³-hybridized carbons (Fsp3) is 0.294. The number of nitro benzene ring substituents is 1. The zero-order chi connectivity index (χ0) is 31.8. The van der Waals surface area contributed by atoms with Crippen LogP contribution in [0.1, 0.15) is 34.8 Å². The molecule has 0 bridgehead atoms. The van der Waals surface area contributed by atoms with Gasteiger partial charge in [-0.05, 0) is 60.8 Å². The van der Waals surface area contributed by atoms with Crippen molar-refractivity contribution in [2.24, 2.45) is 5.92 Å². The van der Waals surface area contributed by atoms with Crippen molar-refractivity contribution in [3.63, 3.8) is 0 Å². The molecule has 45 heavy (non-hydrogen) atoms. The number of non-ortho nitro benzene ring substituents is 1. The van der Waals surface area contributed by atoms with Crippen LogP contribution in [0, 0.1) is 16.0 Å². The molecule has 0 radical (unpaired) electrons. The first kappa shape index (κ1) is 29.3. The normalized spacial score (nSPS) is 23.9. The van der Waals surface area contributed by atoms with Crippen molar-refractivity contribution >= 4 is 53.7 Å². The summed E-state index contributed by atoms with van der Waals surface area (Å²) in [5, 5.41) is 23.5. The number of amides is 2. The van der Waals surface area contributed by atoms with Crippen LogP contribution in [0.5, 0.6) is 0 Å². The molecule has 1 fully saturated rings. The van der Waals surface area contributed by atoms with Crippen molar-refractivity contribution < 1.29 is 28.5 Å². The summed E-state index contributed by atoms with van der Waals surface area (Å²) in [6.07, 6.45) is -0.572. The van der Waals surface area contributed by atoms with Gasteiger partial charge in [-0.15, -0.1) is 0 Å². The number of aliphatic hydroxyl groups is 1. The number of aliphatic hydroxyl groups excluding tert-OH is 1. The minimum absolute atomic E-state index is 0.0975. The van der Waals surface area contributed by atoms with E-state index < -0.39 is 42.4 Å². The molecule has 3 heterocycles. The number of fused-ring (bicyclic) bond motifs is 2. The van der Waals surface area contributed by atoms with Crippen molar-refractivity contribution in [3.8, 4) is 0 Å². The average molecular weight is 626 g/mol. The topological polar surface area (TPSA) is 113 Å². The molecular formula is C34H32FN3O6Si. The van der Waals surface area contributed by atoms with Crippen LogP contribution in [0.25, 0.3) is 10.8 Å². The largest absolute Gasteiger partial charge is 0.396 e. The molecule has 0 saturated carbocycles. The lowest BCUT2D eigenvalue weighted by Gasteiger charge is -2.31. The Labute approximate surface area is 260 Å². The van der Waals surface area contributed by atoms with Crippen molar-refractivity contribution in [1.82, 2.24) is 0 Å². The monoisotopic (exact) mass is 625 g/mol. The summed E-state index contributed by atoms with van der Waals surface area (Å²) in [5.74, 6) is -1.19. The Morgan fingerprint density at radius 2 is 1.76 bits per heavy atom. The van der Waals surface area contributed by atoms with Gasteiger partial charge in [0.2, 0.25) is 8.41 Å². The third-order valence-corrected chi connectivity index (χ3v) is 12.1. The van der Waals surface area contributed by atoms with E-state index in [2.05, 4.69) is 0 Å². The number of hydrogen-bond acceptors (Lipinski definition) is 6. The summed E-state index contributed by atoms with van der Waals surface area (Å²) >= 11 is 0. The fourth-order valence-corrected chi connectivity index (χ4v) is 10.4. The van der Waals surface area contributed by atoms with Gasteiger partial charge >= 0.3 is 0 Å². The minimum Gasteiger partial charge on any atom is -0.396 e. The standard InChI is InChI=1S/C34H32FN3O6Si/c1-20-31(45(2,3)35)29(15-16-39)44-34(20)26-18-24(38(42)43)13-14-27(26)36(33(34)41)19-21-7-4-10-23(17-21)37-28-12-6-9-22-8-5-11-25(30(22)28)32(37)40/h4-14,17-18,20,29,31,39H,15-16,19H2,1-3H3/t20-,29+,31-,34+/m0/s1. The van der Waals surface area contributed by atoms with Crippen molar-refractivity contribution in [2.45, 2.75) is 50.2 Å². The maximum absolute atomic E-state index is 15.8. The molecular weight excluding hydrogens is 593 g/mol. The number of hydrogen-bond donors (Lipinski definition) is 1. The summed E-state index contributed by atoms with van der Waals surface area (Å²) in [4.78, 5) is 42.7. The Kier molecular flexibility index (Phi) is 6.70. The van der Waals surface area contributed by atoms with Gasteiger partial charge in [0.1, 0.15) is 0 Å². The van der Waals surface area contributed by atoms with E-state index in [1.165, 1.54) is 12.1 Å². The molecule has 3 aliphatic heterocycles. The second-order valence-corrected chi connectivity index (χ2v) is 16.4. The quantitative estimate of drug-likeness (QED) is 0.105. The van der Waals surface area contributed by atoms with Crippen molar-refractivity contribution in [2.75, 3.05) is 16.4 Å². The molecule has 9 nitrogen and oxygen atoms in total. The van der Waals surface area contributed by atoms with Crippen molar-refractivity contribution in [3.05, 3.63) is 106 Å². The highest BCUT2D eigenvalue weighted by atomic mass is 28.4. The van der Waals surface area contributed by atoms with E-state index >= 15 is 4.11 Å². The summed E-state index contributed by atoms with van der Waals surface area (Å²) in [7, 11) is -3.42. The van der Waals surface area contributed by atoms with Gasteiger partial charge in [0.05, 0.1) is 34.5 Å². The fourth-order valence-electron chi connectivity index (χ4n) is 7.85. The van der Waals surface area contributed by atoms with Crippen LogP contribution in [0.4, 0.5) is 26.9 Å². The van der Waals surface area contributed by atoms with E-state index in [1.54, 1.807) is 35.9 Å². The number of benzene rings is 4. The highest BCUT2D eigenvalue weighted by molar-refractivity contribution is 6.72. The maximum Gasteiger partial charge on any atom is 0.269 e. The lowest BCUT2D eigenvalue weighted by molar-refractivity contribution is -0.385. The lowest BCUT2D eigenvalue weighted by Crippen LogP contribution is -2.45. The Morgan fingerprint density at radius 1 is 1.02 bits per heavy atom. The Hall–Kier alpha value is -4.45. The molecule has 0 aliphatic carbocycles. The van der Waals surface area contributed by atoms with Crippen LogP contribution >= 0.6 is 0 Å². The number of carbonyl (C=O) groups excluding carboxylic acids is 2. The van der Waals surface area contributed by atoms with Gasteiger partial charge in [0.25, 0.3) is 17.5 Å². The number of nitrogens with zero attached hydrogens (tertiary/aromatic N) is 3. The molecule has 7 rings (SSSR count). The first-order chi connectivity index (χ1) is 21.5. The molecule has 1 spiro atoms. The third kappa shape index (κ3) is 4.25.